The van der Waals surface area contributed by atoms with Gasteiger partial charge in [-0.1, -0.05) is 12.5 Å². The van der Waals surface area contributed by atoms with E-state index in [0.717, 1.165) is 40.2 Å². The Morgan fingerprint density at radius 3 is 2.53 bits per heavy atom. The fourth-order valence-corrected chi connectivity index (χ4v) is 5.53. The number of halogens is 4. The number of hydrogen-bond donors (Lipinski definition) is 1. The molecule has 32 heavy (non-hydrogen) atoms. The largest absolute Gasteiger partial charge is 0.420 e. The van der Waals surface area contributed by atoms with Crippen LogP contribution in [0.15, 0.2) is 54.2 Å². The Morgan fingerprint density at radius 1 is 1.09 bits per heavy atom. The minimum absolute atomic E-state index is 0.246. The average molecular weight is 444 g/mol. The lowest BCUT2D eigenvalue weighted by Crippen LogP contribution is -2.49. The molecule has 0 aliphatic heterocycles. The number of aliphatic hydroxyl groups is 1. The number of benzene rings is 2. The third-order valence-corrected chi connectivity index (χ3v) is 7.33. The molecular weight excluding hydrogens is 420 g/mol. The predicted molar refractivity (Wildman–Crippen MR) is 114 cm³/mol. The van der Waals surface area contributed by atoms with Gasteiger partial charge in [-0.25, -0.2) is 9.07 Å². The molecule has 2 atom stereocenters. The second kappa shape index (κ2) is 7.17. The highest BCUT2D eigenvalue weighted by molar-refractivity contribution is 5.83. The summed E-state index contributed by atoms with van der Waals surface area (Å²) >= 11 is 0. The lowest BCUT2D eigenvalue weighted by Gasteiger charge is -2.44. The van der Waals surface area contributed by atoms with Crippen molar-refractivity contribution >= 4 is 10.9 Å². The summed E-state index contributed by atoms with van der Waals surface area (Å²) in [5.74, 6) is -0.320. The minimum atomic E-state index is -4.69. The molecule has 2 aromatic carbocycles. The Labute approximate surface area is 183 Å². The number of aryl methyl sites for hydroxylation is 1. The van der Waals surface area contributed by atoms with Crippen LogP contribution in [-0.2, 0) is 11.8 Å². The molecule has 0 saturated carbocycles. The van der Waals surface area contributed by atoms with Crippen molar-refractivity contribution in [1.29, 1.82) is 0 Å². The first-order chi connectivity index (χ1) is 15.2. The van der Waals surface area contributed by atoms with Crippen LogP contribution in [0.5, 0.6) is 0 Å². The highest BCUT2D eigenvalue weighted by atomic mass is 19.4. The fraction of sp³-hybridized carbons (Fsp3) is 0.400. The average Bonchev–Trinajstić information content (AvgIpc) is 3.09. The standard InChI is InChI=1S/C25H24F4N2O/c1-2-23-10-11-24(32,25(27,28)29)14-18(23)5-3-4-16-13-22-17(12-21(16)23)15-30-31(22)20-8-6-19(26)7-9-20/h6-9,12-15,32H,2-5,10-11H2,1H3/t23-,24-/m1/s1. The van der Waals surface area contributed by atoms with Crippen molar-refractivity contribution in [3.05, 3.63) is 71.2 Å². The van der Waals surface area contributed by atoms with Crippen molar-refractivity contribution in [2.45, 2.75) is 62.6 Å². The molecule has 0 bridgehead atoms. The molecule has 5 rings (SSSR count). The quantitative estimate of drug-likeness (QED) is 0.380. The van der Waals surface area contributed by atoms with Crippen molar-refractivity contribution in [1.82, 2.24) is 9.78 Å². The first-order valence-electron chi connectivity index (χ1n) is 11.0. The summed E-state index contributed by atoms with van der Waals surface area (Å²) in [6, 6.07) is 10.2. The van der Waals surface area contributed by atoms with Gasteiger partial charge >= 0.3 is 6.18 Å². The Morgan fingerprint density at radius 2 is 1.84 bits per heavy atom. The summed E-state index contributed by atoms with van der Waals surface area (Å²) in [4.78, 5) is 0. The molecule has 0 saturated heterocycles. The molecule has 0 amide bonds. The number of aromatic nitrogens is 2. The van der Waals surface area contributed by atoms with Gasteiger partial charge in [0.1, 0.15) is 5.82 Å². The highest BCUT2D eigenvalue weighted by Crippen LogP contribution is 2.53. The van der Waals surface area contributed by atoms with E-state index >= 15 is 0 Å². The first kappa shape index (κ1) is 21.2. The third-order valence-electron chi connectivity index (χ3n) is 7.33. The molecule has 3 aromatic rings. The SMILES string of the molecule is CC[C@@]12CC[C@](O)(C(F)(F)F)C=C1CCCc1cc3c(cnn3-c3ccc(F)cc3)cc12. The van der Waals surface area contributed by atoms with Gasteiger partial charge in [-0.3, -0.25) is 0 Å². The highest BCUT2D eigenvalue weighted by Gasteiger charge is 2.56. The minimum Gasteiger partial charge on any atom is -0.377 e. The van der Waals surface area contributed by atoms with Gasteiger partial charge < -0.3 is 5.11 Å². The lowest BCUT2D eigenvalue weighted by molar-refractivity contribution is -0.245. The monoisotopic (exact) mass is 444 g/mol. The second-order valence-electron chi connectivity index (χ2n) is 8.98. The van der Waals surface area contributed by atoms with Gasteiger partial charge in [0.15, 0.2) is 5.60 Å². The van der Waals surface area contributed by atoms with Crippen molar-refractivity contribution < 1.29 is 22.7 Å². The number of allylic oxidation sites excluding steroid dienone is 1. The maximum absolute atomic E-state index is 13.6. The zero-order valence-electron chi connectivity index (χ0n) is 17.7. The van der Waals surface area contributed by atoms with Crippen molar-refractivity contribution in [2.75, 3.05) is 0 Å². The molecule has 3 nitrogen and oxygen atoms in total. The van der Waals surface area contributed by atoms with Crippen LogP contribution in [0, 0.1) is 5.82 Å². The van der Waals surface area contributed by atoms with Crippen LogP contribution in [0.2, 0.25) is 0 Å². The molecule has 0 unspecified atom stereocenters. The van der Waals surface area contributed by atoms with Gasteiger partial charge in [-0.15, -0.1) is 0 Å². The van der Waals surface area contributed by atoms with Gasteiger partial charge in [-0.05, 0) is 92.1 Å². The summed E-state index contributed by atoms with van der Waals surface area (Å²) in [5, 5.41) is 15.8. The molecule has 2 aliphatic rings. The van der Waals surface area contributed by atoms with Crippen LogP contribution in [0.3, 0.4) is 0 Å². The smallest absolute Gasteiger partial charge is 0.377 e. The molecular formula is C25H24F4N2O. The van der Waals surface area contributed by atoms with E-state index in [1.54, 1.807) is 23.0 Å². The summed E-state index contributed by atoms with van der Waals surface area (Å²) in [6.07, 6.45) is 0.699. The molecule has 168 valence electrons. The van der Waals surface area contributed by atoms with Gasteiger partial charge in [0, 0.05) is 10.8 Å². The van der Waals surface area contributed by atoms with E-state index in [-0.39, 0.29) is 18.7 Å². The number of nitrogens with zero attached hydrogens (tertiary/aromatic N) is 2. The van der Waals surface area contributed by atoms with Gasteiger partial charge in [-0.2, -0.15) is 18.3 Å². The maximum Gasteiger partial charge on any atom is 0.420 e. The zero-order chi connectivity index (χ0) is 22.7. The second-order valence-corrected chi connectivity index (χ2v) is 8.98. The van der Waals surface area contributed by atoms with E-state index in [9.17, 15) is 22.7 Å². The number of hydrogen-bond acceptors (Lipinski definition) is 2. The van der Waals surface area contributed by atoms with Crippen LogP contribution < -0.4 is 0 Å². The lowest BCUT2D eigenvalue weighted by atomic mass is 9.62. The molecule has 0 fully saturated rings. The van der Waals surface area contributed by atoms with E-state index in [1.165, 1.54) is 12.1 Å². The van der Waals surface area contributed by atoms with E-state index in [1.807, 2.05) is 6.92 Å². The van der Waals surface area contributed by atoms with Gasteiger partial charge in [0.25, 0.3) is 0 Å². The van der Waals surface area contributed by atoms with Gasteiger partial charge in [0.05, 0.1) is 17.4 Å². The molecule has 1 N–H and O–H groups in total. The summed E-state index contributed by atoms with van der Waals surface area (Å²) in [5.41, 5.74) is 1.18. The normalized spacial score (nSPS) is 25.8. The van der Waals surface area contributed by atoms with Crippen LogP contribution in [0.25, 0.3) is 16.6 Å². The summed E-state index contributed by atoms with van der Waals surface area (Å²) in [7, 11) is 0. The first-order valence-corrected chi connectivity index (χ1v) is 11.0. The molecule has 7 heteroatoms. The maximum atomic E-state index is 13.6. The van der Waals surface area contributed by atoms with Crippen molar-refractivity contribution in [3.63, 3.8) is 0 Å². The molecule has 0 radical (unpaired) electrons. The summed E-state index contributed by atoms with van der Waals surface area (Å²) < 4.78 is 55.9. The number of alkyl halides is 3. The van der Waals surface area contributed by atoms with E-state index < -0.39 is 17.2 Å². The van der Waals surface area contributed by atoms with Crippen LogP contribution >= 0.6 is 0 Å². The Kier molecular flexibility index (Phi) is 4.75. The molecule has 1 aromatic heterocycles. The molecule has 2 aliphatic carbocycles. The predicted octanol–water partition coefficient (Wildman–Crippen LogP) is 6.16. The zero-order valence-corrected chi connectivity index (χ0v) is 17.7. The van der Waals surface area contributed by atoms with Crippen molar-refractivity contribution in [3.8, 4) is 5.69 Å². The van der Waals surface area contributed by atoms with E-state index in [0.29, 0.717) is 24.8 Å². The molecule has 1 heterocycles. The van der Waals surface area contributed by atoms with E-state index in [2.05, 4.69) is 17.2 Å². The third kappa shape index (κ3) is 3.09. The van der Waals surface area contributed by atoms with Crippen LogP contribution in [-0.4, -0.2) is 26.7 Å². The van der Waals surface area contributed by atoms with E-state index in [4.69, 9.17) is 0 Å². The molecule has 0 spiro atoms. The Hall–Kier alpha value is -2.67. The van der Waals surface area contributed by atoms with Crippen LogP contribution in [0.4, 0.5) is 17.6 Å². The van der Waals surface area contributed by atoms with Crippen LogP contribution in [0.1, 0.15) is 50.2 Å². The van der Waals surface area contributed by atoms with Crippen molar-refractivity contribution in [2.24, 2.45) is 0 Å². The fourth-order valence-electron chi connectivity index (χ4n) is 5.53. The number of fused-ring (bicyclic) bond motifs is 4. The Bertz CT molecular complexity index is 1210. The topological polar surface area (TPSA) is 38.1 Å². The Balaban J connectivity index is 1.67. The summed E-state index contributed by atoms with van der Waals surface area (Å²) in [6.45, 7) is 2.01. The van der Waals surface area contributed by atoms with Gasteiger partial charge in [0.2, 0.25) is 0 Å². The number of rotatable bonds is 2.